The number of fused-ring (bicyclic) bond motifs is 1. The van der Waals surface area contributed by atoms with Crippen LogP contribution in [0.2, 0.25) is 25.7 Å². The molecule has 0 atom stereocenters. The number of aromatic amines is 1. The third kappa shape index (κ3) is 5.34. The lowest BCUT2D eigenvalue weighted by molar-refractivity contribution is 0.0930. The van der Waals surface area contributed by atoms with Gasteiger partial charge in [-0.25, -0.2) is 0 Å². The van der Waals surface area contributed by atoms with Crippen LogP contribution in [0.1, 0.15) is 15.9 Å². The van der Waals surface area contributed by atoms with Gasteiger partial charge in [0.1, 0.15) is 0 Å². The summed E-state index contributed by atoms with van der Waals surface area (Å²) in [6, 6.07) is 12.2. The van der Waals surface area contributed by atoms with Crippen molar-refractivity contribution in [3.63, 3.8) is 0 Å². The number of allylic oxidation sites excluding steroid dienone is 1. The van der Waals surface area contributed by atoms with E-state index < -0.39 is 8.07 Å². The van der Waals surface area contributed by atoms with Gasteiger partial charge in [-0.1, -0.05) is 37.8 Å². The summed E-state index contributed by atoms with van der Waals surface area (Å²) >= 11 is 0. The lowest BCUT2D eigenvalue weighted by atomic mass is 10.1. The molecule has 170 valence electrons. The summed E-state index contributed by atoms with van der Waals surface area (Å²) in [6.07, 6.45) is 3.68. The van der Waals surface area contributed by atoms with Crippen LogP contribution in [0.3, 0.4) is 0 Å². The number of rotatable bonds is 10. The molecule has 0 bridgehead atoms. The Morgan fingerprint density at radius 1 is 1.00 bits per heavy atom. The first-order valence-electron chi connectivity index (χ1n) is 10.5. The molecule has 7 heteroatoms. The van der Waals surface area contributed by atoms with Crippen LogP contribution in [0.15, 0.2) is 48.4 Å². The fraction of sp³-hybridized carbons (Fsp3) is 0.320. The molecular weight excluding hydrogens is 422 g/mol. The van der Waals surface area contributed by atoms with Gasteiger partial charge in [-0.2, -0.15) is 0 Å². The van der Waals surface area contributed by atoms with Crippen LogP contribution in [-0.4, -0.2) is 46.8 Å². The number of nitrogens with one attached hydrogen (secondary N) is 1. The zero-order chi connectivity index (χ0) is 23.3. The monoisotopic (exact) mass is 453 g/mol. The van der Waals surface area contributed by atoms with Gasteiger partial charge in [0.25, 0.3) is 0 Å². The van der Waals surface area contributed by atoms with Gasteiger partial charge in [-0.15, -0.1) is 0 Å². The highest BCUT2D eigenvalue weighted by molar-refractivity contribution is 6.76. The van der Waals surface area contributed by atoms with Crippen LogP contribution in [0, 0.1) is 0 Å². The maximum absolute atomic E-state index is 13.6. The summed E-state index contributed by atoms with van der Waals surface area (Å²) in [5.74, 6) is 1.31. The number of aromatic nitrogens is 1. The Hall–Kier alpha value is -3.19. The maximum atomic E-state index is 13.6. The van der Waals surface area contributed by atoms with Crippen molar-refractivity contribution in [2.24, 2.45) is 0 Å². The van der Waals surface area contributed by atoms with Gasteiger partial charge >= 0.3 is 0 Å². The first-order valence-corrected chi connectivity index (χ1v) is 14.2. The molecule has 0 radical (unpaired) electrons. The number of ketones is 1. The Kier molecular flexibility index (Phi) is 7.30. The predicted molar refractivity (Wildman–Crippen MR) is 131 cm³/mol. The number of benzene rings is 2. The quantitative estimate of drug-likeness (QED) is 0.183. The highest BCUT2D eigenvalue weighted by Crippen LogP contribution is 2.39. The molecule has 0 aliphatic carbocycles. The van der Waals surface area contributed by atoms with Crippen LogP contribution < -0.4 is 14.2 Å². The normalized spacial score (nSPS) is 12.0. The van der Waals surface area contributed by atoms with E-state index in [0.29, 0.717) is 29.4 Å². The molecule has 0 aliphatic heterocycles. The van der Waals surface area contributed by atoms with Crippen LogP contribution in [0.25, 0.3) is 17.0 Å². The summed E-state index contributed by atoms with van der Waals surface area (Å²) in [4.78, 5) is 16.8. The van der Waals surface area contributed by atoms with E-state index in [0.717, 1.165) is 22.5 Å². The van der Waals surface area contributed by atoms with E-state index in [1.165, 1.54) is 21.3 Å². The molecule has 3 rings (SSSR count). The third-order valence-corrected chi connectivity index (χ3v) is 6.87. The van der Waals surface area contributed by atoms with Crippen molar-refractivity contribution < 1.29 is 23.7 Å². The molecule has 1 aromatic heterocycles. The number of hydrogen-bond donors (Lipinski definition) is 1. The average molecular weight is 454 g/mol. The van der Waals surface area contributed by atoms with Gasteiger partial charge < -0.3 is 23.9 Å². The molecule has 0 aliphatic rings. The summed E-state index contributed by atoms with van der Waals surface area (Å²) in [6.45, 7) is 7.32. The first kappa shape index (κ1) is 23.5. The fourth-order valence-corrected chi connectivity index (χ4v) is 4.06. The maximum Gasteiger partial charge on any atom is 0.227 e. The molecule has 0 saturated carbocycles. The van der Waals surface area contributed by atoms with Crippen LogP contribution >= 0.6 is 0 Å². The number of ether oxygens (including phenoxy) is 4. The van der Waals surface area contributed by atoms with E-state index in [1.807, 2.05) is 30.5 Å². The molecule has 0 amide bonds. The fourth-order valence-electron chi connectivity index (χ4n) is 3.35. The van der Waals surface area contributed by atoms with E-state index >= 15 is 0 Å². The van der Waals surface area contributed by atoms with Crippen LogP contribution in [0.5, 0.6) is 17.2 Å². The molecular formula is C25H31NO5Si. The Labute approximate surface area is 190 Å². The summed E-state index contributed by atoms with van der Waals surface area (Å²) in [7, 11) is 3.26. The molecule has 2 aromatic carbocycles. The Balaban J connectivity index is 2.04. The van der Waals surface area contributed by atoms with Crippen molar-refractivity contribution in [1.29, 1.82) is 0 Å². The third-order valence-electron chi connectivity index (χ3n) is 5.17. The van der Waals surface area contributed by atoms with E-state index in [-0.39, 0.29) is 11.5 Å². The van der Waals surface area contributed by atoms with Gasteiger partial charge in [0.15, 0.2) is 17.3 Å². The number of carbonyl (C=O) groups excluding carboxylic acids is 1. The van der Waals surface area contributed by atoms with Gasteiger partial charge in [0.05, 0.1) is 27.9 Å². The zero-order valence-electron chi connectivity index (χ0n) is 19.6. The van der Waals surface area contributed by atoms with Gasteiger partial charge in [0, 0.05) is 36.3 Å². The van der Waals surface area contributed by atoms with Crippen LogP contribution in [0.4, 0.5) is 0 Å². The lowest BCUT2D eigenvalue weighted by Gasteiger charge is -2.18. The Bertz CT molecular complexity index is 1100. The number of carbonyl (C=O) groups is 1. The highest BCUT2D eigenvalue weighted by atomic mass is 28.3. The minimum atomic E-state index is -1.33. The van der Waals surface area contributed by atoms with Crippen molar-refractivity contribution in [3.05, 3.63) is 59.5 Å². The zero-order valence-corrected chi connectivity index (χ0v) is 20.6. The second-order valence-corrected chi connectivity index (χ2v) is 14.3. The minimum Gasteiger partial charge on any atom is -0.493 e. The number of H-pyrrole nitrogens is 1. The molecule has 0 fully saturated rings. The SMILES string of the molecule is COc1cc(C(=O)C(=Cc2c[nH]c3ccccc23)OCC[Si](C)(C)C)cc(OC)c1OC. The number of para-hydroxylation sites is 1. The highest BCUT2D eigenvalue weighted by Gasteiger charge is 2.22. The second kappa shape index (κ2) is 9.95. The topological polar surface area (TPSA) is 69.8 Å². The van der Waals surface area contributed by atoms with Crippen molar-refractivity contribution in [1.82, 2.24) is 4.98 Å². The molecule has 0 saturated heterocycles. The standard InChI is InChI=1S/C25H31NO5Si/c1-28-22-13-17(14-23(29-2)25(22)30-3)24(27)21(31-11-12-32(4,5)6)15-18-16-26-20-10-8-7-9-19(18)20/h7-10,13-16,26H,11-12H2,1-6H3. The van der Waals surface area contributed by atoms with E-state index in [4.69, 9.17) is 18.9 Å². The van der Waals surface area contributed by atoms with Gasteiger partial charge in [-0.05, 0) is 30.3 Å². The molecule has 1 heterocycles. The number of methoxy groups -OCH3 is 3. The summed E-state index contributed by atoms with van der Waals surface area (Å²) < 4.78 is 22.3. The smallest absolute Gasteiger partial charge is 0.227 e. The summed E-state index contributed by atoms with van der Waals surface area (Å²) in [5.41, 5.74) is 2.29. The molecule has 0 spiro atoms. The summed E-state index contributed by atoms with van der Waals surface area (Å²) in [5, 5.41) is 1.02. The molecule has 6 nitrogen and oxygen atoms in total. The van der Waals surface area contributed by atoms with Gasteiger partial charge in [-0.3, -0.25) is 4.79 Å². The second-order valence-electron chi connectivity index (χ2n) is 8.70. The molecule has 1 N–H and O–H groups in total. The average Bonchev–Trinajstić information content (AvgIpc) is 3.18. The first-order chi connectivity index (χ1) is 15.3. The number of hydrogen-bond acceptors (Lipinski definition) is 5. The lowest BCUT2D eigenvalue weighted by Crippen LogP contribution is -2.22. The molecule has 3 aromatic rings. The predicted octanol–water partition coefficient (Wildman–Crippen LogP) is 5.77. The van der Waals surface area contributed by atoms with E-state index in [1.54, 1.807) is 18.2 Å². The van der Waals surface area contributed by atoms with Crippen molar-refractivity contribution in [2.75, 3.05) is 27.9 Å². The van der Waals surface area contributed by atoms with Crippen molar-refractivity contribution >= 4 is 30.8 Å². The van der Waals surface area contributed by atoms with Crippen molar-refractivity contribution in [3.8, 4) is 17.2 Å². The number of Topliss-reactive ketones (excluding diaryl/α,β-unsaturated/α-hetero) is 1. The Morgan fingerprint density at radius 2 is 1.66 bits per heavy atom. The molecule has 0 unspecified atom stereocenters. The van der Waals surface area contributed by atoms with Gasteiger partial charge in [0.2, 0.25) is 11.5 Å². The largest absolute Gasteiger partial charge is 0.493 e. The Morgan fingerprint density at radius 3 is 2.25 bits per heavy atom. The van der Waals surface area contributed by atoms with E-state index in [2.05, 4.69) is 24.6 Å². The van der Waals surface area contributed by atoms with E-state index in [9.17, 15) is 4.79 Å². The minimum absolute atomic E-state index is 0.245. The van der Waals surface area contributed by atoms with Crippen molar-refractivity contribution in [2.45, 2.75) is 25.7 Å². The van der Waals surface area contributed by atoms with Crippen LogP contribution in [-0.2, 0) is 4.74 Å². The molecule has 32 heavy (non-hydrogen) atoms.